The summed E-state index contributed by atoms with van der Waals surface area (Å²) in [6.07, 6.45) is 2.66. The zero-order valence-electron chi connectivity index (χ0n) is 10.4. The van der Waals surface area contributed by atoms with Gasteiger partial charge in [0.2, 0.25) is 0 Å². The van der Waals surface area contributed by atoms with Crippen molar-refractivity contribution in [3.05, 3.63) is 29.8 Å². The van der Waals surface area contributed by atoms with Crippen LogP contribution in [0.15, 0.2) is 24.3 Å². The molecule has 0 amide bonds. The number of nitrogens with zero attached hydrogens (tertiary/aromatic N) is 1. The van der Waals surface area contributed by atoms with E-state index in [2.05, 4.69) is 18.7 Å². The lowest BCUT2D eigenvalue weighted by Crippen LogP contribution is -2.32. The first kappa shape index (κ1) is 12.0. The molecule has 0 aliphatic heterocycles. The van der Waals surface area contributed by atoms with Gasteiger partial charge in [-0.15, -0.1) is 0 Å². The van der Waals surface area contributed by atoms with Gasteiger partial charge in [-0.25, -0.2) is 4.79 Å². The Hall–Kier alpha value is -1.51. The molecule has 1 aromatic rings. The molecule has 0 unspecified atom stereocenters. The Morgan fingerprint density at radius 1 is 1.35 bits per heavy atom. The SMILES string of the molecule is CC(C)N(CC1CC1)c1ccc(C(=O)O)cc1. The first-order chi connectivity index (χ1) is 8.08. The van der Waals surface area contributed by atoms with Gasteiger partial charge in [0, 0.05) is 18.3 Å². The number of hydrogen-bond acceptors (Lipinski definition) is 2. The second kappa shape index (κ2) is 4.78. The summed E-state index contributed by atoms with van der Waals surface area (Å²) in [5, 5.41) is 8.87. The number of benzene rings is 1. The molecule has 1 fully saturated rings. The van der Waals surface area contributed by atoms with Gasteiger partial charge in [-0.1, -0.05) is 0 Å². The summed E-state index contributed by atoms with van der Waals surface area (Å²) in [5.41, 5.74) is 1.47. The van der Waals surface area contributed by atoms with Crippen molar-refractivity contribution < 1.29 is 9.90 Å². The van der Waals surface area contributed by atoms with Crippen molar-refractivity contribution in [2.24, 2.45) is 5.92 Å². The number of carbonyl (C=O) groups is 1. The molecule has 0 atom stereocenters. The molecule has 2 rings (SSSR count). The van der Waals surface area contributed by atoms with Gasteiger partial charge in [0.05, 0.1) is 5.56 Å². The molecule has 0 spiro atoms. The van der Waals surface area contributed by atoms with E-state index in [1.54, 1.807) is 12.1 Å². The normalized spacial score (nSPS) is 15.0. The van der Waals surface area contributed by atoms with Crippen molar-refractivity contribution in [1.82, 2.24) is 0 Å². The lowest BCUT2D eigenvalue weighted by molar-refractivity contribution is 0.0697. The van der Waals surface area contributed by atoms with Crippen LogP contribution in [0.25, 0.3) is 0 Å². The zero-order valence-corrected chi connectivity index (χ0v) is 10.4. The third-order valence-electron chi connectivity index (χ3n) is 3.22. The zero-order chi connectivity index (χ0) is 12.4. The summed E-state index contributed by atoms with van der Waals surface area (Å²) < 4.78 is 0. The predicted molar refractivity (Wildman–Crippen MR) is 68.6 cm³/mol. The molecule has 3 heteroatoms. The summed E-state index contributed by atoms with van der Waals surface area (Å²) in [7, 11) is 0. The minimum atomic E-state index is -0.866. The van der Waals surface area contributed by atoms with E-state index >= 15 is 0 Å². The summed E-state index contributed by atoms with van der Waals surface area (Å²) in [5.74, 6) is -0.0357. The standard InChI is InChI=1S/C14H19NO2/c1-10(2)15(9-11-3-4-11)13-7-5-12(6-8-13)14(16)17/h5-8,10-11H,3-4,9H2,1-2H3,(H,16,17). The van der Waals surface area contributed by atoms with Crippen LogP contribution in [0.1, 0.15) is 37.0 Å². The first-order valence-corrected chi connectivity index (χ1v) is 6.18. The molecule has 0 heterocycles. The molecule has 0 saturated heterocycles. The number of hydrogen-bond donors (Lipinski definition) is 1. The average molecular weight is 233 g/mol. The largest absolute Gasteiger partial charge is 0.478 e. The Labute approximate surface area is 102 Å². The van der Waals surface area contributed by atoms with Crippen LogP contribution >= 0.6 is 0 Å². The Morgan fingerprint density at radius 2 is 1.94 bits per heavy atom. The van der Waals surface area contributed by atoms with Gasteiger partial charge < -0.3 is 10.0 Å². The molecule has 1 aliphatic rings. The van der Waals surface area contributed by atoms with Crippen molar-refractivity contribution in [2.75, 3.05) is 11.4 Å². The van der Waals surface area contributed by atoms with Gasteiger partial charge in [-0.05, 0) is 56.9 Å². The summed E-state index contributed by atoms with van der Waals surface area (Å²) in [4.78, 5) is 13.1. The Balaban J connectivity index is 2.14. The fourth-order valence-electron chi connectivity index (χ4n) is 1.99. The fourth-order valence-corrected chi connectivity index (χ4v) is 1.99. The van der Waals surface area contributed by atoms with Gasteiger partial charge in [-0.2, -0.15) is 0 Å². The van der Waals surface area contributed by atoms with Crippen molar-refractivity contribution in [3.8, 4) is 0 Å². The molecule has 1 aromatic carbocycles. The molecule has 17 heavy (non-hydrogen) atoms. The summed E-state index contributed by atoms with van der Waals surface area (Å²) in [6.45, 7) is 5.44. The molecule has 1 saturated carbocycles. The van der Waals surface area contributed by atoms with E-state index in [-0.39, 0.29) is 0 Å². The lowest BCUT2D eigenvalue weighted by atomic mass is 10.1. The third-order valence-corrected chi connectivity index (χ3v) is 3.22. The van der Waals surface area contributed by atoms with Crippen LogP contribution in [-0.4, -0.2) is 23.7 Å². The van der Waals surface area contributed by atoms with Crippen LogP contribution in [-0.2, 0) is 0 Å². The molecular weight excluding hydrogens is 214 g/mol. The highest BCUT2D eigenvalue weighted by Crippen LogP contribution is 2.32. The highest BCUT2D eigenvalue weighted by molar-refractivity contribution is 5.88. The fraction of sp³-hybridized carbons (Fsp3) is 0.500. The van der Waals surface area contributed by atoms with E-state index in [0.717, 1.165) is 18.2 Å². The molecule has 3 nitrogen and oxygen atoms in total. The highest BCUT2D eigenvalue weighted by Gasteiger charge is 2.25. The smallest absolute Gasteiger partial charge is 0.335 e. The molecular formula is C14H19NO2. The highest BCUT2D eigenvalue weighted by atomic mass is 16.4. The van der Waals surface area contributed by atoms with Crippen LogP contribution in [0.3, 0.4) is 0 Å². The number of carboxylic acid groups (broad SMARTS) is 1. The van der Waals surface area contributed by atoms with Crippen molar-refractivity contribution in [3.63, 3.8) is 0 Å². The van der Waals surface area contributed by atoms with Crippen molar-refractivity contribution in [2.45, 2.75) is 32.7 Å². The summed E-state index contributed by atoms with van der Waals surface area (Å²) in [6, 6.07) is 7.63. The van der Waals surface area contributed by atoms with Gasteiger partial charge in [-0.3, -0.25) is 0 Å². The lowest BCUT2D eigenvalue weighted by Gasteiger charge is -2.29. The number of rotatable bonds is 5. The van der Waals surface area contributed by atoms with E-state index in [4.69, 9.17) is 5.11 Å². The van der Waals surface area contributed by atoms with E-state index < -0.39 is 5.97 Å². The number of carboxylic acids is 1. The Morgan fingerprint density at radius 3 is 2.35 bits per heavy atom. The molecule has 0 aromatic heterocycles. The van der Waals surface area contributed by atoms with Crippen molar-refractivity contribution in [1.29, 1.82) is 0 Å². The number of aromatic carboxylic acids is 1. The minimum absolute atomic E-state index is 0.351. The van der Waals surface area contributed by atoms with Gasteiger partial charge in [0.1, 0.15) is 0 Å². The molecule has 0 radical (unpaired) electrons. The van der Waals surface area contributed by atoms with Crippen molar-refractivity contribution >= 4 is 11.7 Å². The van der Waals surface area contributed by atoms with Gasteiger partial charge in [0.25, 0.3) is 0 Å². The maximum absolute atomic E-state index is 10.8. The van der Waals surface area contributed by atoms with Crippen LogP contribution in [0, 0.1) is 5.92 Å². The molecule has 1 aliphatic carbocycles. The van der Waals surface area contributed by atoms with Crippen LogP contribution in [0.5, 0.6) is 0 Å². The minimum Gasteiger partial charge on any atom is -0.478 e. The van der Waals surface area contributed by atoms with E-state index in [1.807, 2.05) is 12.1 Å². The average Bonchev–Trinajstić information content (AvgIpc) is 3.09. The van der Waals surface area contributed by atoms with Crippen LogP contribution < -0.4 is 4.90 Å². The molecule has 1 N–H and O–H groups in total. The first-order valence-electron chi connectivity index (χ1n) is 6.18. The quantitative estimate of drug-likeness (QED) is 0.849. The third kappa shape index (κ3) is 2.99. The second-order valence-electron chi connectivity index (χ2n) is 5.04. The van der Waals surface area contributed by atoms with E-state index in [9.17, 15) is 4.79 Å². The number of anilines is 1. The van der Waals surface area contributed by atoms with Crippen LogP contribution in [0.4, 0.5) is 5.69 Å². The second-order valence-corrected chi connectivity index (χ2v) is 5.04. The van der Waals surface area contributed by atoms with Gasteiger partial charge >= 0.3 is 5.97 Å². The van der Waals surface area contributed by atoms with Gasteiger partial charge in [0.15, 0.2) is 0 Å². The molecule has 0 bridgehead atoms. The van der Waals surface area contributed by atoms with E-state index in [0.29, 0.717) is 11.6 Å². The predicted octanol–water partition coefficient (Wildman–Crippen LogP) is 3.01. The van der Waals surface area contributed by atoms with E-state index in [1.165, 1.54) is 12.8 Å². The maximum Gasteiger partial charge on any atom is 0.335 e. The Kier molecular flexibility index (Phi) is 3.36. The Bertz CT molecular complexity index is 393. The topological polar surface area (TPSA) is 40.5 Å². The molecule has 92 valence electrons. The van der Waals surface area contributed by atoms with Crippen LogP contribution in [0.2, 0.25) is 0 Å². The monoisotopic (exact) mass is 233 g/mol. The maximum atomic E-state index is 10.8. The summed E-state index contributed by atoms with van der Waals surface area (Å²) >= 11 is 0.